The summed E-state index contributed by atoms with van der Waals surface area (Å²) >= 11 is 6.16. The van der Waals surface area contributed by atoms with E-state index < -0.39 is 18.1 Å². The van der Waals surface area contributed by atoms with Crippen LogP contribution in [0.1, 0.15) is 24.0 Å². The van der Waals surface area contributed by atoms with E-state index >= 15 is 0 Å². The molecule has 0 aliphatic carbocycles. The zero-order chi connectivity index (χ0) is 24.3. The number of nitrogens with one attached hydrogen (secondary N) is 2. The smallest absolute Gasteiger partial charge is 0.266 e. The number of hydrogen-bond donors (Lipinski definition) is 5. The summed E-state index contributed by atoms with van der Waals surface area (Å²) in [6.07, 6.45) is 1.94. The van der Waals surface area contributed by atoms with Crippen molar-refractivity contribution in [3.05, 3.63) is 64.7 Å². The van der Waals surface area contributed by atoms with Crippen LogP contribution in [0, 0.1) is 0 Å². The molecule has 34 heavy (non-hydrogen) atoms. The van der Waals surface area contributed by atoms with E-state index in [0.29, 0.717) is 31.1 Å². The van der Waals surface area contributed by atoms with Crippen molar-refractivity contribution in [2.75, 3.05) is 19.6 Å². The summed E-state index contributed by atoms with van der Waals surface area (Å²) < 4.78 is 0. The Bertz CT molecular complexity index is 988. The zero-order valence-corrected chi connectivity index (χ0v) is 19.7. The normalized spacial score (nSPS) is 16.7. The van der Waals surface area contributed by atoms with Crippen LogP contribution in [-0.2, 0) is 22.6 Å². The number of hydrazine groups is 1. The number of carbonyl (C=O) groups is 2. The molecule has 1 saturated heterocycles. The Morgan fingerprint density at radius 3 is 2.88 bits per heavy atom. The van der Waals surface area contributed by atoms with Crippen molar-refractivity contribution in [1.29, 1.82) is 0 Å². The monoisotopic (exact) mass is 487 g/mol. The highest BCUT2D eigenvalue weighted by molar-refractivity contribution is 6.30. The average Bonchev–Trinajstić information content (AvgIpc) is 3.33. The van der Waals surface area contributed by atoms with Crippen LogP contribution >= 0.6 is 11.6 Å². The Morgan fingerprint density at radius 1 is 1.32 bits per heavy atom. The number of rotatable bonds is 11. The molecule has 0 radical (unpaired) electrons. The van der Waals surface area contributed by atoms with E-state index in [-0.39, 0.29) is 18.9 Å². The van der Waals surface area contributed by atoms with Gasteiger partial charge in [-0.05, 0) is 37.1 Å². The lowest BCUT2D eigenvalue weighted by atomic mass is 10.1. The second-order valence-corrected chi connectivity index (χ2v) is 8.49. The number of aliphatic hydroxyl groups excluding tert-OH is 1. The molecule has 3 rings (SSSR count). The van der Waals surface area contributed by atoms with Crippen molar-refractivity contribution in [3.63, 3.8) is 0 Å². The van der Waals surface area contributed by atoms with Gasteiger partial charge in [0, 0.05) is 42.7 Å². The third-order valence-corrected chi connectivity index (χ3v) is 5.75. The Hall–Kier alpha value is -2.82. The zero-order valence-electron chi connectivity index (χ0n) is 19.0. The van der Waals surface area contributed by atoms with E-state index in [2.05, 4.69) is 15.7 Å². The van der Waals surface area contributed by atoms with Gasteiger partial charge < -0.3 is 16.2 Å². The Labute approximate surface area is 204 Å². The van der Waals surface area contributed by atoms with Gasteiger partial charge in [0.1, 0.15) is 17.8 Å². The lowest BCUT2D eigenvalue weighted by Gasteiger charge is -2.25. The average molecular weight is 488 g/mol. The minimum absolute atomic E-state index is 0.181. The molecule has 2 atom stereocenters. The molecule has 9 nitrogen and oxygen atoms in total. The molecule has 2 aromatic carbocycles. The number of benzene rings is 2. The molecule has 1 fully saturated rings. The van der Waals surface area contributed by atoms with Crippen LogP contribution in [-0.4, -0.2) is 60.0 Å². The summed E-state index contributed by atoms with van der Waals surface area (Å²) in [5.41, 5.74) is 11.0. The predicted molar refractivity (Wildman–Crippen MR) is 131 cm³/mol. The van der Waals surface area contributed by atoms with Gasteiger partial charge in [-0.2, -0.15) is 0 Å². The van der Waals surface area contributed by atoms with Gasteiger partial charge in [-0.25, -0.2) is 10.4 Å². The number of halogens is 1. The van der Waals surface area contributed by atoms with Crippen LogP contribution in [0.4, 0.5) is 5.69 Å². The van der Waals surface area contributed by atoms with Gasteiger partial charge in [0.2, 0.25) is 5.91 Å². The first-order valence-corrected chi connectivity index (χ1v) is 11.8. The maximum Gasteiger partial charge on any atom is 0.266 e. The van der Waals surface area contributed by atoms with Crippen molar-refractivity contribution in [2.24, 2.45) is 10.7 Å². The van der Waals surface area contributed by atoms with Crippen LogP contribution < -0.4 is 21.8 Å². The van der Waals surface area contributed by atoms with Gasteiger partial charge in [-0.3, -0.25) is 19.9 Å². The van der Waals surface area contributed by atoms with Crippen molar-refractivity contribution in [1.82, 2.24) is 15.8 Å². The Kier molecular flexibility index (Phi) is 9.99. The molecule has 0 saturated carbocycles. The van der Waals surface area contributed by atoms with Gasteiger partial charge in [0.25, 0.3) is 5.91 Å². The summed E-state index contributed by atoms with van der Waals surface area (Å²) in [5, 5.41) is 17.0. The number of amides is 2. The molecule has 0 spiro atoms. The number of nitrogens with two attached hydrogens (primary N) is 2. The molecular formula is C24H32ClN6O3+. The van der Waals surface area contributed by atoms with Crippen LogP contribution in [0.2, 0.25) is 5.02 Å². The second-order valence-electron chi connectivity index (χ2n) is 8.05. The molecule has 0 bridgehead atoms. The highest BCUT2D eigenvalue weighted by Gasteiger charge is 2.36. The van der Waals surface area contributed by atoms with Gasteiger partial charge in [0.15, 0.2) is 6.34 Å². The van der Waals surface area contributed by atoms with E-state index in [1.807, 2.05) is 41.7 Å². The summed E-state index contributed by atoms with van der Waals surface area (Å²) in [6, 6.07) is 14.0. The van der Waals surface area contributed by atoms with Crippen LogP contribution in [0.3, 0.4) is 0 Å². The van der Waals surface area contributed by atoms with Crippen LogP contribution in [0.25, 0.3) is 0 Å². The largest absolute Gasteiger partial charge is 0.383 e. The molecule has 182 valence electrons. The quantitative estimate of drug-likeness (QED) is 0.134. The number of nitrogens with zero attached hydrogens (tertiary/aromatic N) is 2. The fourth-order valence-corrected chi connectivity index (χ4v) is 3.90. The SMILES string of the molecule is NCCCN=C[NH2+]c1ccc(Cl)cc1CNC(=O)[C@@H]1CCNN1C(=O)[C@H](O)Cc1ccccc1. The fraction of sp³-hybridized carbons (Fsp3) is 0.375. The lowest BCUT2D eigenvalue weighted by Crippen LogP contribution is -2.76. The highest BCUT2D eigenvalue weighted by Crippen LogP contribution is 2.18. The van der Waals surface area contributed by atoms with Crippen molar-refractivity contribution >= 4 is 35.4 Å². The summed E-state index contributed by atoms with van der Waals surface area (Å²) in [6.45, 7) is 1.96. The standard InChI is InChI=1S/C24H31ClN6O3/c25-19-7-8-20(29-16-27-11-4-10-26)18(14-19)15-28-23(33)21-9-12-30-31(21)24(34)22(32)13-17-5-2-1-3-6-17/h1-3,5-8,14,16,21-22,30,32H,4,9-13,15,26H2,(H,27,29)(H,28,33)/p+1/t21-,22+/m0/s1. The van der Waals surface area contributed by atoms with E-state index in [9.17, 15) is 14.7 Å². The molecule has 7 N–H and O–H groups in total. The number of aliphatic imine (C=N–C) groups is 1. The Morgan fingerprint density at radius 2 is 2.12 bits per heavy atom. The molecule has 1 aliphatic heterocycles. The maximum atomic E-state index is 12.9. The minimum Gasteiger partial charge on any atom is -0.383 e. The van der Waals surface area contributed by atoms with Crippen molar-refractivity contribution < 1.29 is 20.0 Å². The van der Waals surface area contributed by atoms with Crippen LogP contribution in [0.15, 0.2) is 53.5 Å². The molecule has 10 heteroatoms. The summed E-state index contributed by atoms with van der Waals surface area (Å²) in [4.78, 5) is 30.1. The summed E-state index contributed by atoms with van der Waals surface area (Å²) in [7, 11) is 0. The van der Waals surface area contributed by atoms with E-state index in [1.54, 1.807) is 18.5 Å². The van der Waals surface area contributed by atoms with E-state index in [4.69, 9.17) is 17.3 Å². The summed E-state index contributed by atoms with van der Waals surface area (Å²) in [5.74, 6) is -0.820. The third kappa shape index (κ3) is 7.34. The van der Waals surface area contributed by atoms with E-state index in [0.717, 1.165) is 23.2 Å². The van der Waals surface area contributed by atoms with Gasteiger partial charge in [-0.15, -0.1) is 0 Å². The number of quaternary nitrogens is 1. The van der Waals surface area contributed by atoms with E-state index in [1.165, 1.54) is 5.01 Å². The topological polar surface area (TPSA) is 137 Å². The second kappa shape index (κ2) is 13.2. The van der Waals surface area contributed by atoms with Gasteiger partial charge in [-0.1, -0.05) is 41.9 Å². The predicted octanol–water partition coefficient (Wildman–Crippen LogP) is 0.237. The number of aliphatic hydroxyl groups is 1. The van der Waals surface area contributed by atoms with Crippen LogP contribution in [0.5, 0.6) is 0 Å². The fourth-order valence-electron chi connectivity index (χ4n) is 3.71. The van der Waals surface area contributed by atoms with Gasteiger partial charge in [0.05, 0.1) is 0 Å². The molecule has 1 heterocycles. The lowest BCUT2D eigenvalue weighted by molar-refractivity contribution is -0.433. The molecular weight excluding hydrogens is 456 g/mol. The maximum absolute atomic E-state index is 12.9. The first-order valence-electron chi connectivity index (χ1n) is 11.4. The molecule has 1 aliphatic rings. The number of hydrogen-bond acceptors (Lipinski definition) is 6. The van der Waals surface area contributed by atoms with Crippen molar-refractivity contribution in [2.45, 2.75) is 38.0 Å². The first-order chi connectivity index (χ1) is 16.5. The Balaban J connectivity index is 1.59. The minimum atomic E-state index is -1.24. The van der Waals surface area contributed by atoms with Gasteiger partial charge >= 0.3 is 0 Å². The molecule has 0 unspecified atom stereocenters. The molecule has 0 aromatic heterocycles. The third-order valence-electron chi connectivity index (χ3n) is 5.52. The molecule has 2 aromatic rings. The molecule has 2 amide bonds. The van der Waals surface area contributed by atoms with Crippen molar-refractivity contribution in [3.8, 4) is 0 Å². The first kappa shape index (κ1) is 25.8. The number of carbonyl (C=O) groups excluding carboxylic acids is 2. The highest BCUT2D eigenvalue weighted by atomic mass is 35.5.